The molecule has 0 aliphatic heterocycles. The molecule has 0 saturated carbocycles. The minimum atomic E-state index is 0.148. The molecule has 0 aromatic heterocycles. The second-order valence-electron chi connectivity index (χ2n) is 5.30. The molecule has 19 heavy (non-hydrogen) atoms. The normalized spacial score (nSPS) is 14.6. The fraction of sp³-hybridized carbons (Fsp3) is 0.625. The summed E-state index contributed by atoms with van der Waals surface area (Å²) in [6, 6.07) is 9.40. The first-order valence-electron chi connectivity index (χ1n) is 7.09. The van der Waals surface area contributed by atoms with Crippen LogP contribution in [0.3, 0.4) is 0 Å². The van der Waals surface area contributed by atoms with Crippen LogP contribution in [0, 0.1) is 6.92 Å². The van der Waals surface area contributed by atoms with Crippen LogP contribution in [0.2, 0.25) is 0 Å². The average Bonchev–Trinajstić information content (AvgIpc) is 2.42. The van der Waals surface area contributed by atoms with Crippen LogP contribution in [0.15, 0.2) is 24.3 Å². The van der Waals surface area contributed by atoms with Crippen LogP contribution in [0.25, 0.3) is 0 Å². The topological polar surface area (TPSA) is 29.3 Å². The minimum absolute atomic E-state index is 0.148. The number of hydrogen-bond acceptors (Lipinski definition) is 3. The molecule has 0 fully saturated rings. The standard InChI is InChI=1S/C16H28N2S/c1-5-15(12-19-4)18(3)11-10-16(17)14-8-6-13(2)7-9-14/h6-9,15-16H,5,10-12,17H2,1-4H3. The first-order chi connectivity index (χ1) is 9.08. The van der Waals surface area contributed by atoms with Crippen molar-refractivity contribution in [2.45, 2.75) is 38.8 Å². The van der Waals surface area contributed by atoms with Crippen molar-refractivity contribution in [2.75, 3.05) is 25.6 Å². The van der Waals surface area contributed by atoms with Crippen LogP contribution in [0.1, 0.15) is 36.9 Å². The van der Waals surface area contributed by atoms with E-state index in [0.717, 1.165) is 13.0 Å². The molecular weight excluding hydrogens is 252 g/mol. The largest absolute Gasteiger partial charge is 0.324 e. The quantitative estimate of drug-likeness (QED) is 0.791. The van der Waals surface area contributed by atoms with Gasteiger partial charge in [-0.25, -0.2) is 0 Å². The van der Waals surface area contributed by atoms with Crippen molar-refractivity contribution in [1.82, 2.24) is 4.90 Å². The second-order valence-corrected chi connectivity index (χ2v) is 6.21. The molecular formula is C16H28N2S. The van der Waals surface area contributed by atoms with Gasteiger partial charge in [-0.15, -0.1) is 0 Å². The highest BCUT2D eigenvalue weighted by molar-refractivity contribution is 7.98. The Balaban J connectivity index is 2.44. The second kappa shape index (κ2) is 8.62. The van der Waals surface area contributed by atoms with Crippen LogP contribution in [0.4, 0.5) is 0 Å². The van der Waals surface area contributed by atoms with Gasteiger partial charge < -0.3 is 10.6 Å². The summed E-state index contributed by atoms with van der Waals surface area (Å²) in [5.74, 6) is 1.20. The Morgan fingerprint density at radius 3 is 2.42 bits per heavy atom. The lowest BCUT2D eigenvalue weighted by Gasteiger charge is -2.27. The molecule has 2 atom stereocenters. The summed E-state index contributed by atoms with van der Waals surface area (Å²) in [7, 11) is 2.21. The molecule has 0 bridgehead atoms. The summed E-state index contributed by atoms with van der Waals surface area (Å²) in [6.45, 7) is 5.43. The van der Waals surface area contributed by atoms with E-state index in [1.165, 1.54) is 23.3 Å². The van der Waals surface area contributed by atoms with E-state index < -0.39 is 0 Å². The van der Waals surface area contributed by atoms with Gasteiger partial charge in [0.1, 0.15) is 0 Å². The number of hydrogen-bond donors (Lipinski definition) is 1. The molecule has 2 nitrogen and oxygen atoms in total. The van der Waals surface area contributed by atoms with Crippen molar-refractivity contribution in [2.24, 2.45) is 5.73 Å². The lowest BCUT2D eigenvalue weighted by molar-refractivity contribution is 0.247. The third-order valence-corrected chi connectivity index (χ3v) is 4.47. The summed E-state index contributed by atoms with van der Waals surface area (Å²) in [6.07, 6.45) is 4.40. The molecule has 1 aromatic carbocycles. The van der Waals surface area contributed by atoms with E-state index in [1.54, 1.807) is 0 Å². The van der Waals surface area contributed by atoms with Gasteiger partial charge in [-0.05, 0) is 45.2 Å². The lowest BCUT2D eigenvalue weighted by atomic mass is 10.0. The molecule has 3 heteroatoms. The average molecular weight is 280 g/mol. The zero-order chi connectivity index (χ0) is 14.3. The maximum Gasteiger partial charge on any atom is 0.0307 e. The van der Waals surface area contributed by atoms with Gasteiger partial charge in [0, 0.05) is 17.8 Å². The van der Waals surface area contributed by atoms with Crippen molar-refractivity contribution in [3.8, 4) is 0 Å². The number of thioether (sulfide) groups is 1. The van der Waals surface area contributed by atoms with Crippen LogP contribution in [-0.4, -0.2) is 36.5 Å². The molecule has 0 aliphatic carbocycles. The Kier molecular flexibility index (Phi) is 7.51. The van der Waals surface area contributed by atoms with Gasteiger partial charge in [-0.3, -0.25) is 0 Å². The van der Waals surface area contributed by atoms with Crippen LogP contribution in [-0.2, 0) is 0 Å². The van der Waals surface area contributed by atoms with Gasteiger partial charge in [-0.1, -0.05) is 36.8 Å². The molecule has 0 amide bonds. The Labute approximate surface area is 122 Å². The summed E-state index contributed by atoms with van der Waals surface area (Å²) in [5, 5.41) is 0. The number of benzene rings is 1. The molecule has 0 spiro atoms. The Morgan fingerprint density at radius 2 is 1.89 bits per heavy atom. The minimum Gasteiger partial charge on any atom is -0.324 e. The number of rotatable bonds is 8. The van der Waals surface area contributed by atoms with Gasteiger partial charge in [0.25, 0.3) is 0 Å². The van der Waals surface area contributed by atoms with E-state index in [1.807, 2.05) is 11.8 Å². The Bertz CT molecular complexity index is 350. The third-order valence-electron chi connectivity index (χ3n) is 3.75. The maximum absolute atomic E-state index is 6.28. The summed E-state index contributed by atoms with van der Waals surface area (Å²) in [5.41, 5.74) is 8.82. The summed E-state index contributed by atoms with van der Waals surface area (Å²) >= 11 is 1.92. The van der Waals surface area contributed by atoms with E-state index >= 15 is 0 Å². The highest BCUT2D eigenvalue weighted by Crippen LogP contribution is 2.16. The van der Waals surface area contributed by atoms with Crippen molar-refractivity contribution < 1.29 is 0 Å². The summed E-state index contributed by atoms with van der Waals surface area (Å²) < 4.78 is 0. The van der Waals surface area contributed by atoms with Crippen molar-refractivity contribution in [3.63, 3.8) is 0 Å². The monoisotopic (exact) mass is 280 g/mol. The number of nitrogens with zero attached hydrogens (tertiary/aromatic N) is 1. The molecule has 2 N–H and O–H groups in total. The smallest absolute Gasteiger partial charge is 0.0307 e. The lowest BCUT2D eigenvalue weighted by Crippen LogP contribution is -2.35. The van der Waals surface area contributed by atoms with E-state index in [4.69, 9.17) is 5.73 Å². The fourth-order valence-electron chi connectivity index (χ4n) is 2.25. The Morgan fingerprint density at radius 1 is 1.26 bits per heavy atom. The van der Waals surface area contributed by atoms with Crippen LogP contribution in [0.5, 0.6) is 0 Å². The van der Waals surface area contributed by atoms with Crippen LogP contribution >= 0.6 is 11.8 Å². The van der Waals surface area contributed by atoms with Gasteiger partial charge >= 0.3 is 0 Å². The number of nitrogens with two attached hydrogens (primary N) is 1. The van der Waals surface area contributed by atoms with E-state index in [2.05, 4.69) is 56.3 Å². The predicted molar refractivity (Wildman–Crippen MR) is 87.8 cm³/mol. The van der Waals surface area contributed by atoms with E-state index in [9.17, 15) is 0 Å². The molecule has 0 aliphatic rings. The SMILES string of the molecule is CCC(CSC)N(C)CCC(N)c1ccc(C)cc1. The highest BCUT2D eigenvalue weighted by Gasteiger charge is 2.13. The first-order valence-corrected chi connectivity index (χ1v) is 8.49. The van der Waals surface area contributed by atoms with Gasteiger partial charge in [0.15, 0.2) is 0 Å². The first kappa shape index (κ1) is 16.5. The summed E-state index contributed by atoms with van der Waals surface area (Å²) in [4.78, 5) is 2.45. The third kappa shape index (κ3) is 5.55. The van der Waals surface area contributed by atoms with Crippen molar-refractivity contribution >= 4 is 11.8 Å². The van der Waals surface area contributed by atoms with Gasteiger partial charge in [0.05, 0.1) is 0 Å². The molecule has 1 rings (SSSR count). The molecule has 0 heterocycles. The molecule has 108 valence electrons. The van der Waals surface area contributed by atoms with E-state index in [-0.39, 0.29) is 6.04 Å². The predicted octanol–water partition coefficient (Wildman–Crippen LogP) is 3.46. The van der Waals surface area contributed by atoms with Gasteiger partial charge in [-0.2, -0.15) is 11.8 Å². The molecule has 1 aromatic rings. The van der Waals surface area contributed by atoms with E-state index in [0.29, 0.717) is 6.04 Å². The van der Waals surface area contributed by atoms with Crippen molar-refractivity contribution in [3.05, 3.63) is 35.4 Å². The number of aryl methyl sites for hydroxylation is 1. The maximum atomic E-state index is 6.28. The van der Waals surface area contributed by atoms with Gasteiger partial charge in [0.2, 0.25) is 0 Å². The fourth-order valence-corrected chi connectivity index (χ4v) is 3.13. The van der Waals surface area contributed by atoms with Crippen LogP contribution < -0.4 is 5.73 Å². The van der Waals surface area contributed by atoms with Crippen molar-refractivity contribution in [1.29, 1.82) is 0 Å². The Hall–Kier alpha value is -0.510. The highest BCUT2D eigenvalue weighted by atomic mass is 32.2. The zero-order valence-electron chi connectivity index (χ0n) is 12.7. The zero-order valence-corrected chi connectivity index (χ0v) is 13.5. The molecule has 0 radical (unpaired) electrons. The molecule has 2 unspecified atom stereocenters. The molecule has 0 saturated heterocycles.